The first-order chi connectivity index (χ1) is 6.38. The topological polar surface area (TPSA) is 42.9 Å². The van der Waals surface area contributed by atoms with Crippen LogP contribution in [0, 0.1) is 0 Å². The zero-order valence-electron chi connectivity index (χ0n) is 6.68. The summed E-state index contributed by atoms with van der Waals surface area (Å²) in [7, 11) is 0. The number of hydrogen-bond acceptors (Lipinski definition) is 4. The van der Waals surface area contributed by atoms with Crippen LogP contribution >= 0.6 is 11.3 Å². The SMILES string of the molecule is O=C(c1ccsc1)c1ccncn1. The van der Waals surface area contributed by atoms with Crippen LogP contribution in [0.1, 0.15) is 16.1 Å². The maximum atomic E-state index is 11.6. The molecule has 3 nitrogen and oxygen atoms in total. The molecule has 0 atom stereocenters. The highest BCUT2D eigenvalue weighted by molar-refractivity contribution is 7.08. The predicted molar refractivity (Wildman–Crippen MR) is 49.8 cm³/mol. The quantitative estimate of drug-likeness (QED) is 0.678. The van der Waals surface area contributed by atoms with E-state index in [9.17, 15) is 4.79 Å². The molecule has 0 aliphatic carbocycles. The average molecular weight is 190 g/mol. The van der Waals surface area contributed by atoms with Crippen LogP contribution in [-0.4, -0.2) is 15.8 Å². The molecule has 0 fully saturated rings. The van der Waals surface area contributed by atoms with E-state index < -0.39 is 0 Å². The molecule has 64 valence electrons. The lowest BCUT2D eigenvalue weighted by Crippen LogP contribution is -2.02. The first-order valence-corrected chi connectivity index (χ1v) is 4.65. The Kier molecular flexibility index (Phi) is 2.14. The smallest absolute Gasteiger partial charge is 0.212 e. The Morgan fingerprint density at radius 2 is 2.31 bits per heavy atom. The van der Waals surface area contributed by atoms with E-state index in [-0.39, 0.29) is 5.78 Å². The fourth-order valence-corrected chi connectivity index (χ4v) is 1.60. The highest BCUT2D eigenvalue weighted by atomic mass is 32.1. The standard InChI is InChI=1S/C9H6N2OS/c12-9(7-2-4-13-5-7)8-1-3-10-6-11-8/h1-6H. The molecule has 0 saturated heterocycles. The molecule has 0 aromatic carbocycles. The molecular formula is C9H6N2OS. The zero-order chi connectivity index (χ0) is 9.10. The van der Waals surface area contributed by atoms with Gasteiger partial charge in [0.15, 0.2) is 0 Å². The van der Waals surface area contributed by atoms with Crippen LogP contribution in [0.25, 0.3) is 0 Å². The number of aromatic nitrogens is 2. The molecule has 13 heavy (non-hydrogen) atoms. The Morgan fingerprint density at radius 1 is 1.38 bits per heavy atom. The fourth-order valence-electron chi connectivity index (χ4n) is 0.967. The first kappa shape index (κ1) is 8.07. The molecule has 0 aliphatic rings. The van der Waals surface area contributed by atoms with Gasteiger partial charge in [-0.3, -0.25) is 4.79 Å². The molecule has 2 aromatic heterocycles. The van der Waals surface area contributed by atoms with Gasteiger partial charge >= 0.3 is 0 Å². The molecular weight excluding hydrogens is 184 g/mol. The summed E-state index contributed by atoms with van der Waals surface area (Å²) in [6, 6.07) is 3.40. The third-order valence-electron chi connectivity index (χ3n) is 1.60. The van der Waals surface area contributed by atoms with Crippen LogP contribution in [0.4, 0.5) is 0 Å². The summed E-state index contributed by atoms with van der Waals surface area (Å²) in [6.45, 7) is 0. The van der Waals surface area contributed by atoms with E-state index in [4.69, 9.17) is 0 Å². The first-order valence-electron chi connectivity index (χ1n) is 3.71. The van der Waals surface area contributed by atoms with Crippen LogP contribution in [0.5, 0.6) is 0 Å². The normalized spacial score (nSPS) is 9.85. The Labute approximate surface area is 79.1 Å². The second kappa shape index (κ2) is 3.45. The molecule has 0 saturated carbocycles. The van der Waals surface area contributed by atoms with Gasteiger partial charge in [-0.1, -0.05) is 0 Å². The number of rotatable bonds is 2. The van der Waals surface area contributed by atoms with E-state index in [1.165, 1.54) is 17.7 Å². The van der Waals surface area contributed by atoms with Gasteiger partial charge < -0.3 is 0 Å². The fraction of sp³-hybridized carbons (Fsp3) is 0. The van der Waals surface area contributed by atoms with Crippen LogP contribution in [0.2, 0.25) is 0 Å². The van der Waals surface area contributed by atoms with Crippen LogP contribution in [0.3, 0.4) is 0 Å². The van der Waals surface area contributed by atoms with E-state index in [1.807, 2.05) is 10.8 Å². The van der Waals surface area contributed by atoms with Crippen LogP contribution in [0.15, 0.2) is 35.4 Å². The summed E-state index contributed by atoms with van der Waals surface area (Å²) in [4.78, 5) is 19.3. The van der Waals surface area contributed by atoms with Gasteiger partial charge in [0.1, 0.15) is 12.0 Å². The molecule has 0 radical (unpaired) electrons. The number of carbonyl (C=O) groups is 1. The minimum atomic E-state index is -0.0522. The van der Waals surface area contributed by atoms with Crippen molar-refractivity contribution >= 4 is 17.1 Å². The minimum absolute atomic E-state index is 0.0522. The van der Waals surface area contributed by atoms with Crippen molar-refractivity contribution in [1.82, 2.24) is 9.97 Å². The number of nitrogens with zero attached hydrogens (tertiary/aromatic N) is 2. The molecule has 0 amide bonds. The van der Waals surface area contributed by atoms with Gasteiger partial charge in [-0.25, -0.2) is 9.97 Å². The molecule has 0 aliphatic heterocycles. The largest absolute Gasteiger partial charge is 0.287 e. The van der Waals surface area contributed by atoms with Gasteiger partial charge in [-0.15, -0.1) is 0 Å². The molecule has 0 unspecified atom stereocenters. The average Bonchev–Trinajstić information content (AvgIpc) is 2.71. The van der Waals surface area contributed by atoms with Gasteiger partial charge in [0.05, 0.1) is 0 Å². The molecule has 0 bridgehead atoms. The monoisotopic (exact) mass is 190 g/mol. The number of ketones is 1. The molecule has 2 heterocycles. The van der Waals surface area contributed by atoms with Crippen molar-refractivity contribution < 1.29 is 4.79 Å². The maximum absolute atomic E-state index is 11.6. The van der Waals surface area contributed by atoms with E-state index in [2.05, 4.69) is 9.97 Å². The van der Waals surface area contributed by atoms with Crippen molar-refractivity contribution in [3.63, 3.8) is 0 Å². The van der Waals surface area contributed by atoms with E-state index in [0.717, 1.165) is 0 Å². The maximum Gasteiger partial charge on any atom is 0.212 e. The van der Waals surface area contributed by atoms with Crippen molar-refractivity contribution in [3.8, 4) is 0 Å². The zero-order valence-corrected chi connectivity index (χ0v) is 7.49. The van der Waals surface area contributed by atoms with Crippen LogP contribution < -0.4 is 0 Å². The second-order valence-electron chi connectivity index (χ2n) is 2.44. The predicted octanol–water partition coefficient (Wildman–Crippen LogP) is 1.77. The summed E-state index contributed by atoms with van der Waals surface area (Å²) in [5.41, 5.74) is 1.12. The number of hydrogen-bond donors (Lipinski definition) is 0. The lowest BCUT2D eigenvalue weighted by Gasteiger charge is -1.94. The second-order valence-corrected chi connectivity index (χ2v) is 3.22. The molecule has 0 N–H and O–H groups in total. The summed E-state index contributed by atoms with van der Waals surface area (Å²) >= 11 is 1.50. The molecule has 2 aromatic rings. The van der Waals surface area contributed by atoms with Gasteiger partial charge in [-0.2, -0.15) is 11.3 Å². The van der Waals surface area contributed by atoms with Gasteiger partial charge in [-0.05, 0) is 17.5 Å². The minimum Gasteiger partial charge on any atom is -0.287 e. The van der Waals surface area contributed by atoms with E-state index in [0.29, 0.717) is 11.3 Å². The lowest BCUT2D eigenvalue weighted by atomic mass is 10.2. The summed E-state index contributed by atoms with van der Waals surface area (Å²) < 4.78 is 0. The van der Waals surface area contributed by atoms with Crippen molar-refractivity contribution in [2.24, 2.45) is 0 Å². The highest BCUT2D eigenvalue weighted by Crippen LogP contribution is 2.10. The van der Waals surface area contributed by atoms with E-state index in [1.54, 1.807) is 18.3 Å². The van der Waals surface area contributed by atoms with E-state index >= 15 is 0 Å². The van der Waals surface area contributed by atoms with Gasteiger partial charge in [0, 0.05) is 17.1 Å². The number of carbonyl (C=O) groups excluding carboxylic acids is 1. The summed E-state index contributed by atoms with van der Waals surface area (Å²) in [6.07, 6.45) is 2.94. The van der Waals surface area contributed by atoms with Crippen molar-refractivity contribution in [2.45, 2.75) is 0 Å². The third kappa shape index (κ3) is 1.62. The van der Waals surface area contributed by atoms with Crippen molar-refractivity contribution in [3.05, 3.63) is 46.7 Å². The third-order valence-corrected chi connectivity index (χ3v) is 2.28. The highest BCUT2D eigenvalue weighted by Gasteiger charge is 2.09. The number of thiophene rings is 1. The lowest BCUT2D eigenvalue weighted by molar-refractivity contribution is 0.103. The Balaban J connectivity index is 2.34. The summed E-state index contributed by atoms with van der Waals surface area (Å²) in [5, 5.41) is 3.68. The molecule has 4 heteroatoms. The van der Waals surface area contributed by atoms with Crippen molar-refractivity contribution in [1.29, 1.82) is 0 Å². The Bertz CT molecular complexity index is 397. The summed E-state index contributed by atoms with van der Waals surface area (Å²) in [5.74, 6) is -0.0522. The Morgan fingerprint density at radius 3 is 2.92 bits per heavy atom. The van der Waals surface area contributed by atoms with Crippen molar-refractivity contribution in [2.75, 3.05) is 0 Å². The van der Waals surface area contributed by atoms with Crippen LogP contribution in [-0.2, 0) is 0 Å². The van der Waals surface area contributed by atoms with Gasteiger partial charge in [0.25, 0.3) is 0 Å². The molecule has 0 spiro atoms. The molecule has 2 rings (SSSR count). The van der Waals surface area contributed by atoms with Gasteiger partial charge in [0.2, 0.25) is 5.78 Å². The Hall–Kier alpha value is -1.55.